The van der Waals surface area contributed by atoms with E-state index in [1.165, 1.54) is 36.0 Å². The van der Waals surface area contributed by atoms with Crippen molar-refractivity contribution in [2.24, 2.45) is 0 Å². The standard InChI is InChI=1S/C21H26N2O/c1-3-16(2)17-8-10-20(11-9-17)22-21(24)15-23-13-12-18-6-4-5-7-19(18)14-23/h8-14,16H,3-7,15H2,1-2H3/p+1/t16-/m0/s1. The number of benzene rings is 1. The van der Waals surface area contributed by atoms with Crippen molar-refractivity contribution < 1.29 is 9.36 Å². The van der Waals surface area contributed by atoms with Crippen LogP contribution in [0.4, 0.5) is 5.69 Å². The molecule has 1 N–H and O–H groups in total. The monoisotopic (exact) mass is 323 g/mol. The number of pyridine rings is 1. The lowest BCUT2D eigenvalue weighted by atomic mass is 9.93. The van der Waals surface area contributed by atoms with Gasteiger partial charge in [0.25, 0.3) is 5.91 Å². The fraction of sp³-hybridized carbons (Fsp3) is 0.429. The summed E-state index contributed by atoms with van der Waals surface area (Å²) < 4.78 is 1.99. The zero-order valence-corrected chi connectivity index (χ0v) is 14.7. The smallest absolute Gasteiger partial charge is 0.290 e. The van der Waals surface area contributed by atoms with Gasteiger partial charge in [-0.3, -0.25) is 4.79 Å². The summed E-state index contributed by atoms with van der Waals surface area (Å²) in [7, 11) is 0. The molecule has 0 saturated carbocycles. The maximum Gasteiger partial charge on any atom is 0.290 e. The Morgan fingerprint density at radius 2 is 1.83 bits per heavy atom. The van der Waals surface area contributed by atoms with E-state index in [-0.39, 0.29) is 5.91 Å². The lowest BCUT2D eigenvalue weighted by Gasteiger charge is -2.13. The predicted octanol–water partition coefficient (Wildman–Crippen LogP) is 4.01. The number of fused-ring (bicyclic) bond motifs is 1. The molecule has 1 heterocycles. The molecule has 1 atom stereocenters. The molecular formula is C21H27N2O+. The van der Waals surface area contributed by atoms with E-state index in [9.17, 15) is 4.79 Å². The Bertz CT molecular complexity index is 706. The molecule has 1 aromatic carbocycles. The van der Waals surface area contributed by atoms with E-state index >= 15 is 0 Å². The summed E-state index contributed by atoms with van der Waals surface area (Å²) in [5, 5.41) is 2.99. The second kappa shape index (κ2) is 7.61. The van der Waals surface area contributed by atoms with Gasteiger partial charge in [-0.05, 0) is 61.3 Å². The van der Waals surface area contributed by atoms with Gasteiger partial charge in [0.1, 0.15) is 0 Å². The molecule has 1 aliphatic rings. The average Bonchev–Trinajstić information content (AvgIpc) is 2.61. The van der Waals surface area contributed by atoms with Gasteiger partial charge in [-0.25, -0.2) is 0 Å². The molecule has 1 aromatic heterocycles. The van der Waals surface area contributed by atoms with Crippen LogP contribution in [-0.4, -0.2) is 5.91 Å². The molecule has 0 spiro atoms. The van der Waals surface area contributed by atoms with Crippen molar-refractivity contribution in [1.82, 2.24) is 0 Å². The fourth-order valence-electron chi connectivity index (χ4n) is 3.31. The molecule has 3 heteroatoms. The number of aryl methyl sites for hydroxylation is 2. The molecular weight excluding hydrogens is 296 g/mol. The van der Waals surface area contributed by atoms with Crippen LogP contribution in [-0.2, 0) is 24.2 Å². The van der Waals surface area contributed by atoms with Crippen molar-refractivity contribution in [3.63, 3.8) is 0 Å². The molecule has 3 nitrogen and oxygen atoms in total. The third-order valence-corrected chi connectivity index (χ3v) is 5.05. The van der Waals surface area contributed by atoms with Gasteiger partial charge in [0, 0.05) is 17.3 Å². The molecule has 1 aliphatic carbocycles. The van der Waals surface area contributed by atoms with Gasteiger partial charge >= 0.3 is 0 Å². The van der Waals surface area contributed by atoms with E-state index in [0.29, 0.717) is 12.5 Å². The molecule has 0 saturated heterocycles. The minimum absolute atomic E-state index is 0.0204. The number of anilines is 1. The number of rotatable bonds is 5. The maximum atomic E-state index is 12.3. The number of amides is 1. The van der Waals surface area contributed by atoms with Gasteiger partial charge in [0.05, 0.1) is 0 Å². The molecule has 0 fully saturated rings. The van der Waals surface area contributed by atoms with Gasteiger partial charge in [0.15, 0.2) is 12.4 Å². The van der Waals surface area contributed by atoms with Gasteiger partial charge in [-0.2, -0.15) is 4.57 Å². The van der Waals surface area contributed by atoms with Crippen LogP contribution in [0.5, 0.6) is 0 Å². The van der Waals surface area contributed by atoms with E-state index < -0.39 is 0 Å². The van der Waals surface area contributed by atoms with Crippen LogP contribution < -0.4 is 9.88 Å². The number of carbonyl (C=O) groups excluding carboxylic acids is 1. The first-order valence-electron chi connectivity index (χ1n) is 9.06. The minimum atomic E-state index is 0.0204. The zero-order valence-electron chi connectivity index (χ0n) is 14.7. The topological polar surface area (TPSA) is 33.0 Å². The third kappa shape index (κ3) is 4.02. The lowest BCUT2D eigenvalue weighted by Crippen LogP contribution is -2.40. The third-order valence-electron chi connectivity index (χ3n) is 5.05. The summed E-state index contributed by atoms with van der Waals surface area (Å²) in [5.41, 5.74) is 5.03. The maximum absolute atomic E-state index is 12.3. The highest BCUT2D eigenvalue weighted by Gasteiger charge is 2.16. The van der Waals surface area contributed by atoms with Crippen LogP contribution in [0.1, 0.15) is 55.7 Å². The quantitative estimate of drug-likeness (QED) is 0.829. The molecule has 0 radical (unpaired) electrons. The van der Waals surface area contributed by atoms with Crippen LogP contribution in [0, 0.1) is 0 Å². The summed E-state index contributed by atoms with van der Waals surface area (Å²) >= 11 is 0. The SMILES string of the molecule is CC[C@H](C)c1ccc(NC(=O)C[n+]2ccc3c(c2)CCCC3)cc1. The van der Waals surface area contributed by atoms with Gasteiger partial charge in [-0.15, -0.1) is 0 Å². The largest absolute Gasteiger partial charge is 0.321 e. The highest BCUT2D eigenvalue weighted by atomic mass is 16.1. The first kappa shape index (κ1) is 16.7. The van der Waals surface area contributed by atoms with E-state index in [4.69, 9.17) is 0 Å². The number of hydrogen-bond donors (Lipinski definition) is 1. The summed E-state index contributed by atoms with van der Waals surface area (Å²) in [6.45, 7) is 4.77. The Morgan fingerprint density at radius 3 is 2.54 bits per heavy atom. The van der Waals surface area contributed by atoms with Crippen molar-refractivity contribution in [2.45, 2.75) is 58.4 Å². The number of aromatic nitrogens is 1. The second-order valence-corrected chi connectivity index (χ2v) is 6.85. The van der Waals surface area contributed by atoms with Crippen molar-refractivity contribution in [3.8, 4) is 0 Å². The highest BCUT2D eigenvalue weighted by Crippen LogP contribution is 2.21. The summed E-state index contributed by atoms with van der Waals surface area (Å²) in [4.78, 5) is 12.3. The van der Waals surface area contributed by atoms with Crippen LogP contribution in [0.2, 0.25) is 0 Å². The molecule has 0 unspecified atom stereocenters. The molecule has 126 valence electrons. The Labute approximate surface area is 144 Å². The molecule has 0 aliphatic heterocycles. The molecule has 1 amide bonds. The fourth-order valence-corrected chi connectivity index (χ4v) is 3.31. The normalized spacial score (nSPS) is 14.8. The number of carbonyl (C=O) groups is 1. The van der Waals surface area contributed by atoms with E-state index in [1.807, 2.05) is 22.9 Å². The van der Waals surface area contributed by atoms with Crippen LogP contribution >= 0.6 is 0 Å². The minimum Gasteiger partial charge on any atom is -0.321 e. The molecule has 0 bridgehead atoms. The van der Waals surface area contributed by atoms with Crippen molar-refractivity contribution in [1.29, 1.82) is 0 Å². The number of nitrogens with one attached hydrogen (secondary N) is 1. The Balaban J connectivity index is 1.61. The van der Waals surface area contributed by atoms with E-state index in [0.717, 1.165) is 18.5 Å². The molecule has 2 aromatic rings. The Morgan fingerprint density at radius 1 is 1.12 bits per heavy atom. The van der Waals surface area contributed by atoms with Gasteiger partial charge in [0.2, 0.25) is 6.54 Å². The van der Waals surface area contributed by atoms with Gasteiger partial charge < -0.3 is 5.32 Å². The Kier molecular flexibility index (Phi) is 5.29. The first-order valence-corrected chi connectivity index (χ1v) is 9.06. The first-order chi connectivity index (χ1) is 11.7. The number of nitrogens with zero attached hydrogens (tertiary/aromatic N) is 1. The van der Waals surface area contributed by atoms with Crippen molar-refractivity contribution in [3.05, 3.63) is 59.4 Å². The zero-order chi connectivity index (χ0) is 16.9. The van der Waals surface area contributed by atoms with Crippen molar-refractivity contribution in [2.75, 3.05) is 5.32 Å². The average molecular weight is 323 g/mol. The Hall–Kier alpha value is -2.16. The van der Waals surface area contributed by atoms with Crippen LogP contribution in [0.25, 0.3) is 0 Å². The summed E-state index contributed by atoms with van der Waals surface area (Å²) in [6, 6.07) is 10.4. The second-order valence-electron chi connectivity index (χ2n) is 6.85. The van der Waals surface area contributed by atoms with E-state index in [1.54, 1.807) is 0 Å². The summed E-state index contributed by atoms with van der Waals surface area (Å²) in [6.07, 6.45) is 10.1. The highest BCUT2D eigenvalue weighted by molar-refractivity contribution is 5.89. The van der Waals surface area contributed by atoms with Crippen LogP contribution in [0.3, 0.4) is 0 Å². The lowest BCUT2D eigenvalue weighted by molar-refractivity contribution is -0.684. The predicted molar refractivity (Wildman–Crippen MR) is 97.1 cm³/mol. The van der Waals surface area contributed by atoms with Gasteiger partial charge in [-0.1, -0.05) is 26.0 Å². The van der Waals surface area contributed by atoms with Crippen molar-refractivity contribution >= 4 is 11.6 Å². The molecule has 24 heavy (non-hydrogen) atoms. The van der Waals surface area contributed by atoms with Crippen LogP contribution in [0.15, 0.2) is 42.7 Å². The molecule has 3 rings (SSSR count). The van der Waals surface area contributed by atoms with E-state index in [2.05, 4.69) is 43.6 Å². The summed E-state index contributed by atoms with van der Waals surface area (Å²) in [5.74, 6) is 0.577. The number of hydrogen-bond acceptors (Lipinski definition) is 1.